The third-order valence-electron chi connectivity index (χ3n) is 7.47. The molecule has 0 aromatic heterocycles. The number of aliphatic hydroxyl groups excluding tert-OH is 1. The van der Waals surface area contributed by atoms with E-state index in [2.05, 4.69) is 26.0 Å². The van der Waals surface area contributed by atoms with Gasteiger partial charge in [0.25, 0.3) is 0 Å². The van der Waals surface area contributed by atoms with Gasteiger partial charge in [-0.3, -0.25) is 4.79 Å². The van der Waals surface area contributed by atoms with Gasteiger partial charge in [-0.2, -0.15) is 0 Å². The van der Waals surface area contributed by atoms with Gasteiger partial charge >= 0.3 is 0 Å². The van der Waals surface area contributed by atoms with Crippen molar-refractivity contribution in [1.82, 2.24) is 0 Å². The number of hydrogen-bond donors (Lipinski definition) is 1. The lowest BCUT2D eigenvalue weighted by atomic mass is 9.49. The van der Waals surface area contributed by atoms with Crippen molar-refractivity contribution in [3.05, 3.63) is 23.8 Å². The summed E-state index contributed by atoms with van der Waals surface area (Å²) in [4.78, 5) is 11.8. The summed E-state index contributed by atoms with van der Waals surface area (Å²) in [5, 5.41) is 10.4. The highest BCUT2D eigenvalue weighted by Gasteiger charge is 2.57. The topological polar surface area (TPSA) is 37.3 Å². The number of hydrogen-bond acceptors (Lipinski definition) is 2. The number of rotatable bonds is 0. The molecule has 2 fully saturated rings. The van der Waals surface area contributed by atoms with E-state index < -0.39 is 0 Å². The molecule has 0 spiro atoms. The van der Waals surface area contributed by atoms with Crippen LogP contribution in [0.15, 0.2) is 23.8 Å². The minimum atomic E-state index is -0.116. The molecular weight excluding hydrogens is 260 g/mol. The molecule has 2 heteroatoms. The van der Waals surface area contributed by atoms with Crippen molar-refractivity contribution in [1.29, 1.82) is 0 Å². The van der Waals surface area contributed by atoms with Crippen molar-refractivity contribution in [2.45, 2.75) is 58.5 Å². The van der Waals surface area contributed by atoms with Crippen LogP contribution in [0.2, 0.25) is 0 Å². The second-order valence-corrected chi connectivity index (χ2v) is 8.27. The maximum absolute atomic E-state index is 11.8. The predicted octanol–water partition coefficient (Wildman–Crippen LogP) is 3.66. The van der Waals surface area contributed by atoms with Crippen molar-refractivity contribution < 1.29 is 9.90 Å². The van der Waals surface area contributed by atoms with Crippen LogP contribution < -0.4 is 0 Å². The molecule has 4 rings (SSSR count). The van der Waals surface area contributed by atoms with Gasteiger partial charge in [-0.1, -0.05) is 26.0 Å². The first-order valence-corrected chi connectivity index (χ1v) is 8.56. The van der Waals surface area contributed by atoms with E-state index in [1.54, 1.807) is 0 Å². The van der Waals surface area contributed by atoms with E-state index in [-0.39, 0.29) is 16.9 Å². The zero-order valence-corrected chi connectivity index (χ0v) is 13.1. The van der Waals surface area contributed by atoms with Crippen LogP contribution >= 0.6 is 0 Å². The fraction of sp³-hybridized carbons (Fsp3) is 0.737. The molecule has 0 unspecified atom stereocenters. The van der Waals surface area contributed by atoms with E-state index in [1.807, 2.05) is 6.08 Å². The molecule has 2 saturated carbocycles. The zero-order valence-electron chi connectivity index (χ0n) is 13.1. The molecule has 6 atom stereocenters. The number of aliphatic hydroxyl groups is 1. The summed E-state index contributed by atoms with van der Waals surface area (Å²) < 4.78 is 0. The van der Waals surface area contributed by atoms with Crippen molar-refractivity contribution in [3.8, 4) is 0 Å². The lowest BCUT2D eigenvalue weighted by Crippen LogP contribution is -2.49. The number of ketones is 1. The summed E-state index contributed by atoms with van der Waals surface area (Å²) in [5.74, 6) is 2.17. The molecule has 1 N–H and O–H groups in total. The summed E-state index contributed by atoms with van der Waals surface area (Å²) in [6, 6.07) is 0. The summed E-state index contributed by atoms with van der Waals surface area (Å²) >= 11 is 0. The number of carbonyl (C=O) groups is 1. The molecule has 0 saturated heterocycles. The molecule has 4 aliphatic rings. The Balaban J connectivity index is 1.75. The van der Waals surface area contributed by atoms with Gasteiger partial charge in [0, 0.05) is 6.42 Å². The Labute approximate surface area is 127 Å². The molecule has 0 aliphatic heterocycles. The van der Waals surface area contributed by atoms with Crippen molar-refractivity contribution in [2.24, 2.45) is 28.6 Å². The largest absolute Gasteiger partial charge is 0.393 e. The van der Waals surface area contributed by atoms with Gasteiger partial charge in [-0.25, -0.2) is 0 Å². The highest BCUT2D eigenvalue weighted by Crippen LogP contribution is 2.63. The quantitative estimate of drug-likeness (QED) is 0.738. The Morgan fingerprint density at radius 2 is 1.95 bits per heavy atom. The van der Waals surface area contributed by atoms with Crippen LogP contribution in [0.25, 0.3) is 0 Å². The third-order valence-corrected chi connectivity index (χ3v) is 7.47. The molecule has 21 heavy (non-hydrogen) atoms. The maximum Gasteiger partial charge on any atom is 0.156 e. The Bertz CT molecular complexity index is 546. The first kappa shape index (κ1) is 13.8. The Kier molecular flexibility index (Phi) is 2.83. The lowest BCUT2D eigenvalue weighted by molar-refractivity contribution is -0.116. The van der Waals surface area contributed by atoms with Crippen LogP contribution in [0.4, 0.5) is 0 Å². The second kappa shape index (κ2) is 4.32. The van der Waals surface area contributed by atoms with Gasteiger partial charge in [-0.05, 0) is 72.3 Å². The van der Waals surface area contributed by atoms with Crippen LogP contribution in [0.1, 0.15) is 52.4 Å². The molecule has 0 heterocycles. The van der Waals surface area contributed by atoms with Gasteiger partial charge in [0.05, 0.1) is 6.10 Å². The summed E-state index contributed by atoms with van der Waals surface area (Å²) in [6.45, 7) is 4.68. The van der Waals surface area contributed by atoms with Gasteiger partial charge in [0.1, 0.15) is 0 Å². The first-order valence-electron chi connectivity index (χ1n) is 8.56. The minimum absolute atomic E-state index is 0.116. The monoisotopic (exact) mass is 286 g/mol. The van der Waals surface area contributed by atoms with Gasteiger partial charge in [0.2, 0.25) is 0 Å². The van der Waals surface area contributed by atoms with E-state index in [1.165, 1.54) is 12.0 Å². The second-order valence-electron chi connectivity index (χ2n) is 8.27. The van der Waals surface area contributed by atoms with E-state index in [0.717, 1.165) is 25.7 Å². The molecule has 0 aromatic carbocycles. The Hall–Kier alpha value is -0.890. The smallest absolute Gasteiger partial charge is 0.156 e. The lowest BCUT2D eigenvalue weighted by Gasteiger charge is -2.55. The fourth-order valence-electron chi connectivity index (χ4n) is 5.97. The number of allylic oxidation sites excluding steroid dienone is 4. The highest BCUT2D eigenvalue weighted by atomic mass is 16.3. The fourth-order valence-corrected chi connectivity index (χ4v) is 5.97. The number of carbonyl (C=O) groups excluding carboxylic acids is 1. The standard InChI is InChI=1S/C19H26O2/c1-18-9-7-13(20)11-12(18)3-4-14-15-5-6-17(21)19(15,2)10-8-16(14)18/h3-4,11,14-17,21H,5-10H2,1-2H3/t14-,15-,16-,17-,18-,19-/m0/s1. The van der Waals surface area contributed by atoms with Gasteiger partial charge in [-0.15, -0.1) is 0 Å². The molecule has 0 bridgehead atoms. The zero-order chi connectivity index (χ0) is 14.8. The van der Waals surface area contributed by atoms with Crippen LogP contribution in [0, 0.1) is 28.6 Å². The summed E-state index contributed by atoms with van der Waals surface area (Å²) in [5.41, 5.74) is 1.57. The Morgan fingerprint density at radius 3 is 2.76 bits per heavy atom. The average molecular weight is 286 g/mol. The summed E-state index contributed by atoms with van der Waals surface area (Å²) in [7, 11) is 0. The highest BCUT2D eigenvalue weighted by molar-refractivity contribution is 5.92. The van der Waals surface area contributed by atoms with E-state index in [9.17, 15) is 9.90 Å². The molecule has 0 radical (unpaired) electrons. The van der Waals surface area contributed by atoms with Crippen molar-refractivity contribution >= 4 is 5.78 Å². The molecule has 0 amide bonds. The maximum atomic E-state index is 11.8. The van der Waals surface area contributed by atoms with Crippen LogP contribution in [-0.2, 0) is 4.79 Å². The number of fused-ring (bicyclic) bond motifs is 5. The van der Waals surface area contributed by atoms with Crippen molar-refractivity contribution in [2.75, 3.05) is 0 Å². The first-order chi connectivity index (χ1) is 9.95. The average Bonchev–Trinajstić information content (AvgIpc) is 2.76. The predicted molar refractivity (Wildman–Crippen MR) is 82.6 cm³/mol. The van der Waals surface area contributed by atoms with Gasteiger partial charge in [0.15, 0.2) is 5.78 Å². The van der Waals surface area contributed by atoms with E-state index >= 15 is 0 Å². The molecular formula is C19H26O2. The SMILES string of the molecule is C[C@]12CC[C@H]3[C@@H](C=CC4=CC(=O)CC[C@@]43C)[C@@H]1CC[C@@H]2O. The molecule has 0 aromatic rings. The van der Waals surface area contributed by atoms with Crippen LogP contribution in [0.3, 0.4) is 0 Å². The molecule has 2 nitrogen and oxygen atoms in total. The third kappa shape index (κ3) is 1.72. The minimum Gasteiger partial charge on any atom is -0.393 e. The van der Waals surface area contributed by atoms with Crippen LogP contribution in [0.5, 0.6) is 0 Å². The van der Waals surface area contributed by atoms with Crippen LogP contribution in [-0.4, -0.2) is 17.0 Å². The van der Waals surface area contributed by atoms with Crippen molar-refractivity contribution in [3.63, 3.8) is 0 Å². The Morgan fingerprint density at radius 1 is 1.14 bits per heavy atom. The molecule has 114 valence electrons. The summed E-state index contributed by atoms with van der Waals surface area (Å²) in [6.07, 6.45) is 12.6. The van der Waals surface area contributed by atoms with E-state index in [4.69, 9.17) is 0 Å². The normalized spacial score (nSPS) is 52.0. The molecule has 4 aliphatic carbocycles. The van der Waals surface area contributed by atoms with Gasteiger partial charge < -0.3 is 5.11 Å². The van der Waals surface area contributed by atoms with E-state index in [0.29, 0.717) is 30.0 Å².